The van der Waals surface area contributed by atoms with Crippen molar-refractivity contribution in [3.8, 4) is 5.75 Å². The van der Waals surface area contributed by atoms with E-state index in [0.29, 0.717) is 0 Å². The molecule has 1 saturated heterocycles. The monoisotopic (exact) mass is 272 g/mol. The minimum Gasteiger partial charge on any atom is -0.493 e. The van der Waals surface area contributed by atoms with E-state index < -0.39 is 0 Å². The van der Waals surface area contributed by atoms with Gasteiger partial charge in [0.05, 0.1) is 12.1 Å². The number of aromatic nitrogens is 2. The van der Waals surface area contributed by atoms with Crippen molar-refractivity contribution in [1.82, 2.24) is 20.2 Å². The smallest absolute Gasteiger partial charge is 0.121 e. The first kappa shape index (κ1) is 13.3. The molecule has 0 saturated carbocycles. The first-order chi connectivity index (χ1) is 9.92. The van der Waals surface area contributed by atoms with Crippen LogP contribution in [-0.4, -0.2) is 54.2 Å². The molecular weight excluding hydrogens is 252 g/mol. The van der Waals surface area contributed by atoms with Crippen LogP contribution >= 0.6 is 0 Å². The third-order valence-electron chi connectivity index (χ3n) is 3.58. The maximum atomic E-state index is 5.80. The molecule has 0 atom stereocenters. The van der Waals surface area contributed by atoms with Gasteiger partial charge in [0.2, 0.25) is 0 Å². The highest BCUT2D eigenvalue weighted by Crippen LogP contribution is 2.18. The summed E-state index contributed by atoms with van der Waals surface area (Å²) >= 11 is 0. The van der Waals surface area contributed by atoms with Crippen LogP contribution in [0.25, 0.3) is 10.9 Å². The zero-order valence-corrected chi connectivity index (χ0v) is 11.6. The topological polar surface area (TPSA) is 50.3 Å². The number of hydrogen-bond acceptors (Lipinski definition) is 5. The molecule has 2 heterocycles. The van der Waals surface area contributed by atoms with Crippen molar-refractivity contribution >= 4 is 10.9 Å². The average molecular weight is 272 g/mol. The Labute approximate surface area is 119 Å². The molecule has 0 radical (unpaired) electrons. The lowest BCUT2D eigenvalue weighted by Crippen LogP contribution is -2.43. The summed E-state index contributed by atoms with van der Waals surface area (Å²) in [4.78, 5) is 10.7. The normalized spacial score (nSPS) is 16.4. The maximum absolute atomic E-state index is 5.80. The quantitative estimate of drug-likeness (QED) is 0.832. The Hall–Kier alpha value is -1.72. The molecule has 2 aromatic rings. The molecule has 3 rings (SSSR count). The lowest BCUT2D eigenvalue weighted by atomic mass is 10.2. The van der Waals surface area contributed by atoms with Crippen LogP contribution in [0.15, 0.2) is 30.7 Å². The minimum atomic E-state index is 0.751. The fraction of sp³-hybridized carbons (Fsp3) is 0.467. The molecular formula is C15H20N4O. The molecule has 0 unspecified atom stereocenters. The number of ether oxygens (including phenoxy) is 1. The summed E-state index contributed by atoms with van der Waals surface area (Å²) in [7, 11) is 0. The van der Waals surface area contributed by atoms with Crippen molar-refractivity contribution in [3.05, 3.63) is 30.7 Å². The van der Waals surface area contributed by atoms with E-state index in [4.69, 9.17) is 4.74 Å². The molecule has 5 nitrogen and oxygen atoms in total. The van der Waals surface area contributed by atoms with Gasteiger partial charge >= 0.3 is 0 Å². The molecule has 106 valence electrons. The van der Waals surface area contributed by atoms with Crippen molar-refractivity contribution in [1.29, 1.82) is 0 Å². The number of nitrogens with zero attached hydrogens (tertiary/aromatic N) is 3. The summed E-state index contributed by atoms with van der Waals surface area (Å²) in [6.07, 6.45) is 4.44. The van der Waals surface area contributed by atoms with Crippen LogP contribution in [0.5, 0.6) is 5.75 Å². The van der Waals surface area contributed by atoms with E-state index in [1.54, 1.807) is 6.33 Å². The fourth-order valence-corrected chi connectivity index (χ4v) is 2.46. The molecule has 0 amide bonds. The van der Waals surface area contributed by atoms with Crippen LogP contribution in [0.3, 0.4) is 0 Å². The van der Waals surface area contributed by atoms with Gasteiger partial charge in [-0.1, -0.05) is 0 Å². The summed E-state index contributed by atoms with van der Waals surface area (Å²) in [6, 6.07) is 5.96. The first-order valence-electron chi connectivity index (χ1n) is 7.17. The van der Waals surface area contributed by atoms with Crippen molar-refractivity contribution in [2.45, 2.75) is 6.42 Å². The summed E-state index contributed by atoms with van der Waals surface area (Å²) < 4.78 is 5.80. The zero-order chi connectivity index (χ0) is 13.6. The molecule has 5 heteroatoms. The Bertz CT molecular complexity index is 554. The third-order valence-corrected chi connectivity index (χ3v) is 3.58. The molecule has 1 aliphatic heterocycles. The van der Waals surface area contributed by atoms with E-state index in [0.717, 1.165) is 62.4 Å². The van der Waals surface area contributed by atoms with Crippen LogP contribution in [0.4, 0.5) is 0 Å². The summed E-state index contributed by atoms with van der Waals surface area (Å²) in [6.45, 7) is 6.36. The average Bonchev–Trinajstić information content (AvgIpc) is 2.52. The molecule has 1 aliphatic rings. The lowest BCUT2D eigenvalue weighted by Gasteiger charge is -2.26. The van der Waals surface area contributed by atoms with Crippen molar-refractivity contribution < 1.29 is 4.74 Å². The molecule has 0 spiro atoms. The van der Waals surface area contributed by atoms with Gasteiger partial charge in [-0.25, -0.2) is 9.97 Å². The van der Waals surface area contributed by atoms with Crippen molar-refractivity contribution in [2.75, 3.05) is 39.3 Å². The number of hydrogen-bond donors (Lipinski definition) is 1. The van der Waals surface area contributed by atoms with E-state index in [-0.39, 0.29) is 0 Å². The molecule has 1 fully saturated rings. The number of rotatable bonds is 5. The van der Waals surface area contributed by atoms with Crippen LogP contribution in [0.2, 0.25) is 0 Å². The number of piperazine rings is 1. The van der Waals surface area contributed by atoms with Gasteiger partial charge in [-0.2, -0.15) is 0 Å². The van der Waals surface area contributed by atoms with Crippen molar-refractivity contribution in [2.24, 2.45) is 0 Å². The highest BCUT2D eigenvalue weighted by atomic mass is 16.5. The Balaban J connectivity index is 1.47. The number of benzene rings is 1. The molecule has 0 aliphatic carbocycles. The van der Waals surface area contributed by atoms with E-state index in [1.807, 2.05) is 24.4 Å². The second-order valence-electron chi connectivity index (χ2n) is 5.04. The molecule has 20 heavy (non-hydrogen) atoms. The van der Waals surface area contributed by atoms with Gasteiger partial charge in [0.1, 0.15) is 12.1 Å². The molecule has 1 N–H and O–H groups in total. The van der Waals surface area contributed by atoms with Gasteiger partial charge in [0, 0.05) is 50.4 Å². The zero-order valence-electron chi connectivity index (χ0n) is 11.6. The van der Waals surface area contributed by atoms with E-state index >= 15 is 0 Å². The van der Waals surface area contributed by atoms with Gasteiger partial charge in [-0.05, 0) is 18.6 Å². The van der Waals surface area contributed by atoms with E-state index in [9.17, 15) is 0 Å². The second kappa shape index (κ2) is 6.63. The Morgan fingerprint density at radius 2 is 2.15 bits per heavy atom. The first-order valence-corrected chi connectivity index (χ1v) is 7.17. The SMILES string of the molecule is c1ncc2ccc(OCCCN3CCNCC3)cc2n1. The van der Waals surface area contributed by atoms with Crippen LogP contribution in [0.1, 0.15) is 6.42 Å². The van der Waals surface area contributed by atoms with Crippen LogP contribution < -0.4 is 10.1 Å². The van der Waals surface area contributed by atoms with E-state index in [1.165, 1.54) is 0 Å². The molecule has 1 aromatic heterocycles. The second-order valence-corrected chi connectivity index (χ2v) is 5.04. The van der Waals surface area contributed by atoms with Crippen LogP contribution in [-0.2, 0) is 0 Å². The number of nitrogens with one attached hydrogen (secondary N) is 1. The van der Waals surface area contributed by atoms with Gasteiger partial charge in [-0.15, -0.1) is 0 Å². The fourth-order valence-electron chi connectivity index (χ4n) is 2.46. The maximum Gasteiger partial charge on any atom is 0.121 e. The minimum absolute atomic E-state index is 0.751. The van der Waals surface area contributed by atoms with Gasteiger partial charge in [0.15, 0.2) is 0 Å². The summed E-state index contributed by atoms with van der Waals surface area (Å²) in [5, 5.41) is 4.41. The summed E-state index contributed by atoms with van der Waals surface area (Å²) in [5.74, 6) is 0.886. The van der Waals surface area contributed by atoms with Gasteiger partial charge in [0.25, 0.3) is 0 Å². The van der Waals surface area contributed by atoms with Crippen molar-refractivity contribution in [3.63, 3.8) is 0 Å². The predicted octanol–water partition coefficient (Wildman–Crippen LogP) is 1.30. The van der Waals surface area contributed by atoms with E-state index in [2.05, 4.69) is 20.2 Å². The number of fused-ring (bicyclic) bond motifs is 1. The largest absolute Gasteiger partial charge is 0.493 e. The lowest BCUT2D eigenvalue weighted by molar-refractivity contribution is 0.214. The summed E-state index contributed by atoms with van der Waals surface area (Å²) in [5.41, 5.74) is 0.930. The molecule has 0 bridgehead atoms. The predicted molar refractivity (Wildman–Crippen MR) is 79.0 cm³/mol. The highest BCUT2D eigenvalue weighted by Gasteiger charge is 2.08. The third kappa shape index (κ3) is 3.43. The Morgan fingerprint density at radius 3 is 3.05 bits per heavy atom. The highest BCUT2D eigenvalue weighted by molar-refractivity contribution is 5.78. The molecule has 1 aromatic carbocycles. The van der Waals surface area contributed by atoms with Gasteiger partial charge < -0.3 is 15.0 Å². The van der Waals surface area contributed by atoms with Crippen LogP contribution in [0, 0.1) is 0 Å². The Kier molecular flexibility index (Phi) is 4.40. The standard InChI is InChI=1S/C15H20N4O/c1(6-19-7-4-16-5-8-19)9-20-14-3-2-13-11-17-12-18-15(13)10-14/h2-3,10-12,16H,1,4-9H2. The Morgan fingerprint density at radius 1 is 1.25 bits per heavy atom. The van der Waals surface area contributed by atoms with Gasteiger partial charge in [-0.3, -0.25) is 0 Å².